The molecule has 2 N–H and O–H groups in total. The van der Waals surface area contributed by atoms with E-state index in [4.69, 9.17) is 5.11 Å². The largest absolute Gasteiger partial charge is 0.395 e. The molecule has 0 fully saturated rings. The van der Waals surface area contributed by atoms with Crippen LogP contribution in [0.3, 0.4) is 0 Å². The van der Waals surface area contributed by atoms with Crippen molar-refractivity contribution in [1.82, 2.24) is 4.90 Å². The number of carbonyl (C=O) groups is 2. The molecule has 1 aliphatic heterocycles. The van der Waals surface area contributed by atoms with Gasteiger partial charge in [0.05, 0.1) is 13.2 Å². The fourth-order valence-corrected chi connectivity index (χ4v) is 2.97. The summed E-state index contributed by atoms with van der Waals surface area (Å²) in [5, 5.41) is 11.9. The molecule has 1 aliphatic rings. The molecule has 27 heavy (non-hydrogen) atoms. The van der Waals surface area contributed by atoms with E-state index < -0.39 is 11.8 Å². The van der Waals surface area contributed by atoms with Crippen molar-refractivity contribution in [3.8, 4) is 11.1 Å². The number of β-amino-alcohol motifs (C(OH)–C–C–N with tert-alkyl or cyclic N) is 1. The van der Waals surface area contributed by atoms with E-state index in [1.165, 1.54) is 11.6 Å². The van der Waals surface area contributed by atoms with Crippen molar-refractivity contribution < 1.29 is 14.7 Å². The molecular weight excluding hydrogens is 340 g/mol. The highest BCUT2D eigenvalue weighted by molar-refractivity contribution is 6.17. The summed E-state index contributed by atoms with van der Waals surface area (Å²) in [6.45, 7) is 6.32. The molecule has 140 valence electrons. The topological polar surface area (TPSA) is 69.6 Å². The Hall–Kier alpha value is -2.92. The summed E-state index contributed by atoms with van der Waals surface area (Å²) >= 11 is 0. The monoisotopic (exact) mass is 364 g/mol. The van der Waals surface area contributed by atoms with Crippen LogP contribution in [-0.2, 0) is 15.0 Å². The number of rotatable bonds is 5. The quantitative estimate of drug-likeness (QED) is 0.799. The molecule has 0 radical (unpaired) electrons. The van der Waals surface area contributed by atoms with Gasteiger partial charge in [0.15, 0.2) is 0 Å². The van der Waals surface area contributed by atoms with E-state index in [1.54, 1.807) is 0 Å². The maximum absolute atomic E-state index is 12.2. The van der Waals surface area contributed by atoms with Gasteiger partial charge in [-0.2, -0.15) is 0 Å². The number of hydrogen-bond donors (Lipinski definition) is 2. The van der Waals surface area contributed by atoms with Gasteiger partial charge in [-0.25, -0.2) is 0 Å². The van der Waals surface area contributed by atoms with Crippen LogP contribution in [-0.4, -0.2) is 35.0 Å². The van der Waals surface area contributed by atoms with Gasteiger partial charge in [-0.05, 0) is 34.2 Å². The van der Waals surface area contributed by atoms with Crippen molar-refractivity contribution in [2.45, 2.75) is 26.2 Å². The maximum atomic E-state index is 12.2. The maximum Gasteiger partial charge on any atom is 0.277 e. The van der Waals surface area contributed by atoms with Crippen molar-refractivity contribution in [3.63, 3.8) is 0 Å². The van der Waals surface area contributed by atoms with Crippen molar-refractivity contribution in [1.29, 1.82) is 0 Å². The zero-order valence-electron chi connectivity index (χ0n) is 15.8. The second-order valence-electron chi connectivity index (χ2n) is 7.61. The molecule has 0 aromatic heterocycles. The van der Waals surface area contributed by atoms with Crippen LogP contribution in [0.2, 0.25) is 0 Å². The molecule has 0 saturated heterocycles. The first-order chi connectivity index (χ1) is 12.8. The highest BCUT2D eigenvalue weighted by atomic mass is 16.3. The first-order valence-electron chi connectivity index (χ1n) is 8.96. The van der Waals surface area contributed by atoms with Crippen LogP contribution in [0.15, 0.2) is 60.3 Å². The van der Waals surface area contributed by atoms with Gasteiger partial charge in [0, 0.05) is 11.8 Å². The summed E-state index contributed by atoms with van der Waals surface area (Å²) < 4.78 is 0. The third kappa shape index (κ3) is 4.09. The zero-order chi connectivity index (χ0) is 19.6. The Balaban J connectivity index is 1.72. The van der Waals surface area contributed by atoms with Gasteiger partial charge in [-0.15, -0.1) is 0 Å². The van der Waals surface area contributed by atoms with E-state index in [1.807, 2.05) is 24.3 Å². The molecule has 0 atom stereocenters. The third-order valence-electron chi connectivity index (χ3n) is 4.58. The summed E-state index contributed by atoms with van der Waals surface area (Å²) in [6, 6.07) is 16.2. The molecule has 3 rings (SSSR count). The van der Waals surface area contributed by atoms with Gasteiger partial charge in [0.25, 0.3) is 11.8 Å². The number of carbonyl (C=O) groups excluding carboxylic acids is 2. The SMILES string of the molecule is CC(C)(C)c1ccc(-c2ccc(NC3=CC(=O)N(CCO)C3=O)cc2)cc1. The molecule has 0 unspecified atom stereocenters. The van der Waals surface area contributed by atoms with Crippen LogP contribution < -0.4 is 5.32 Å². The molecular formula is C22H24N2O3. The highest BCUT2D eigenvalue weighted by Gasteiger charge is 2.30. The van der Waals surface area contributed by atoms with Crippen LogP contribution in [0.5, 0.6) is 0 Å². The van der Waals surface area contributed by atoms with E-state index >= 15 is 0 Å². The number of nitrogens with one attached hydrogen (secondary N) is 1. The van der Waals surface area contributed by atoms with Gasteiger partial charge >= 0.3 is 0 Å². The Bertz CT molecular complexity index is 875. The normalized spacial score (nSPS) is 14.5. The number of anilines is 1. The predicted octanol–water partition coefficient (Wildman–Crippen LogP) is 3.31. The molecule has 5 nitrogen and oxygen atoms in total. The Morgan fingerprint density at radius 3 is 2.00 bits per heavy atom. The van der Waals surface area contributed by atoms with E-state index in [9.17, 15) is 9.59 Å². The fraction of sp³-hybridized carbons (Fsp3) is 0.273. The number of aliphatic hydroxyl groups excluding tert-OH is 1. The average molecular weight is 364 g/mol. The lowest BCUT2D eigenvalue weighted by Gasteiger charge is -2.19. The van der Waals surface area contributed by atoms with Gasteiger partial charge < -0.3 is 10.4 Å². The molecule has 0 aliphatic carbocycles. The van der Waals surface area contributed by atoms with E-state index in [0.717, 1.165) is 21.7 Å². The summed E-state index contributed by atoms with van der Waals surface area (Å²) in [6.07, 6.45) is 1.26. The Morgan fingerprint density at radius 2 is 1.48 bits per heavy atom. The van der Waals surface area contributed by atoms with Crippen molar-refractivity contribution in [2.75, 3.05) is 18.5 Å². The number of imide groups is 1. The number of aliphatic hydroxyl groups is 1. The summed E-state index contributed by atoms with van der Waals surface area (Å²) in [5.41, 5.74) is 4.54. The molecule has 5 heteroatoms. The second kappa shape index (κ2) is 7.37. The van der Waals surface area contributed by atoms with Crippen LogP contribution in [0.4, 0.5) is 5.69 Å². The Labute approximate surface area is 159 Å². The first kappa shape index (κ1) is 18.9. The van der Waals surface area contributed by atoms with Crippen molar-refractivity contribution in [3.05, 3.63) is 65.9 Å². The number of hydrogen-bond acceptors (Lipinski definition) is 4. The van der Waals surface area contributed by atoms with E-state index in [0.29, 0.717) is 0 Å². The third-order valence-corrected chi connectivity index (χ3v) is 4.58. The molecule has 2 amide bonds. The lowest BCUT2D eigenvalue weighted by Crippen LogP contribution is -2.34. The molecule has 2 aromatic rings. The molecule has 2 aromatic carbocycles. The molecule has 0 bridgehead atoms. The van der Waals surface area contributed by atoms with Crippen LogP contribution in [0.1, 0.15) is 26.3 Å². The lowest BCUT2D eigenvalue weighted by molar-refractivity contribution is -0.137. The molecule has 1 heterocycles. The van der Waals surface area contributed by atoms with Crippen molar-refractivity contribution >= 4 is 17.5 Å². The number of nitrogens with zero attached hydrogens (tertiary/aromatic N) is 1. The molecule has 0 saturated carbocycles. The summed E-state index contributed by atoms with van der Waals surface area (Å²) in [5.74, 6) is -0.831. The zero-order valence-corrected chi connectivity index (χ0v) is 15.8. The Morgan fingerprint density at radius 1 is 0.926 bits per heavy atom. The summed E-state index contributed by atoms with van der Waals surface area (Å²) in [4.78, 5) is 25.0. The lowest BCUT2D eigenvalue weighted by atomic mass is 9.86. The average Bonchev–Trinajstić information content (AvgIpc) is 2.90. The van der Waals surface area contributed by atoms with E-state index in [2.05, 4.69) is 50.4 Å². The minimum atomic E-state index is -0.420. The van der Waals surface area contributed by atoms with Gasteiger partial charge in [-0.1, -0.05) is 57.2 Å². The standard InChI is InChI=1S/C22H24N2O3/c1-22(2,3)17-8-4-15(5-9-17)16-6-10-18(11-7-16)23-19-14-20(26)24(12-13-25)21(19)27/h4-11,14,23,25H,12-13H2,1-3H3. The minimum absolute atomic E-state index is 0.00282. The van der Waals surface area contributed by atoms with Gasteiger partial charge in [0.2, 0.25) is 0 Å². The minimum Gasteiger partial charge on any atom is -0.395 e. The first-order valence-corrected chi connectivity index (χ1v) is 8.96. The second-order valence-corrected chi connectivity index (χ2v) is 7.61. The highest BCUT2D eigenvalue weighted by Crippen LogP contribution is 2.27. The predicted molar refractivity (Wildman–Crippen MR) is 106 cm³/mol. The van der Waals surface area contributed by atoms with E-state index in [-0.39, 0.29) is 24.3 Å². The smallest absolute Gasteiger partial charge is 0.277 e. The van der Waals surface area contributed by atoms with Crippen LogP contribution >= 0.6 is 0 Å². The van der Waals surface area contributed by atoms with Crippen molar-refractivity contribution in [2.24, 2.45) is 0 Å². The van der Waals surface area contributed by atoms with Crippen LogP contribution in [0, 0.1) is 0 Å². The van der Waals surface area contributed by atoms with Gasteiger partial charge in [-0.3, -0.25) is 14.5 Å². The number of benzene rings is 2. The fourth-order valence-electron chi connectivity index (χ4n) is 2.97. The molecule has 0 spiro atoms. The van der Waals surface area contributed by atoms with Crippen LogP contribution in [0.25, 0.3) is 11.1 Å². The van der Waals surface area contributed by atoms with Gasteiger partial charge in [0.1, 0.15) is 5.70 Å². The number of amides is 2. The Kier molecular flexibility index (Phi) is 5.15. The summed E-state index contributed by atoms with van der Waals surface area (Å²) in [7, 11) is 0.